The molecule has 1 saturated heterocycles. The molecule has 3 heteroatoms. The molecular weight excluding hydrogens is 236 g/mol. The van der Waals surface area contributed by atoms with Gasteiger partial charge >= 0.3 is 0 Å². The van der Waals surface area contributed by atoms with Gasteiger partial charge in [0.15, 0.2) is 0 Å². The summed E-state index contributed by atoms with van der Waals surface area (Å²) in [6, 6.07) is 8.60. The van der Waals surface area contributed by atoms with Crippen molar-refractivity contribution in [1.82, 2.24) is 9.88 Å². The van der Waals surface area contributed by atoms with E-state index in [0.717, 1.165) is 26.1 Å². The molecule has 0 aliphatic carbocycles. The number of hydrogen-bond acceptors (Lipinski definition) is 2. The highest BCUT2D eigenvalue weighted by Crippen LogP contribution is 2.24. The lowest BCUT2D eigenvalue weighted by molar-refractivity contribution is 0.0600. The van der Waals surface area contributed by atoms with Crippen molar-refractivity contribution in [3.63, 3.8) is 0 Å². The Morgan fingerprint density at radius 1 is 1.42 bits per heavy atom. The Morgan fingerprint density at radius 3 is 3.16 bits per heavy atom. The quantitative estimate of drug-likeness (QED) is 0.888. The third kappa shape index (κ3) is 2.67. The molecule has 0 unspecified atom stereocenters. The smallest absolute Gasteiger partial charge is 0.0552 e. The molecule has 1 aromatic carbocycles. The molecule has 3 rings (SSSR count). The summed E-state index contributed by atoms with van der Waals surface area (Å²) in [5, 5.41) is 11.1. The molecule has 0 amide bonds. The molecule has 0 saturated carbocycles. The molecule has 0 radical (unpaired) electrons. The Bertz CT molecular complexity index is 546. The van der Waals surface area contributed by atoms with Gasteiger partial charge in [0.25, 0.3) is 0 Å². The predicted octanol–water partition coefficient (Wildman–Crippen LogP) is 2.76. The van der Waals surface area contributed by atoms with Crippen LogP contribution in [0.1, 0.15) is 25.3 Å². The molecule has 1 fully saturated rings. The van der Waals surface area contributed by atoms with E-state index in [1.807, 2.05) is 13.1 Å². The van der Waals surface area contributed by atoms with Gasteiger partial charge in [-0.25, -0.2) is 0 Å². The van der Waals surface area contributed by atoms with Gasteiger partial charge in [-0.2, -0.15) is 0 Å². The number of aliphatic hydroxyl groups is 1. The molecule has 1 aromatic heterocycles. The van der Waals surface area contributed by atoms with Gasteiger partial charge in [-0.15, -0.1) is 0 Å². The number of aromatic nitrogens is 1. The lowest BCUT2D eigenvalue weighted by Crippen LogP contribution is -2.39. The molecule has 2 atom stereocenters. The molecule has 19 heavy (non-hydrogen) atoms. The number of likely N-dealkylation sites (tertiary alicyclic amines) is 1. The summed E-state index contributed by atoms with van der Waals surface area (Å²) in [6.45, 7) is 5.06. The summed E-state index contributed by atoms with van der Waals surface area (Å²) in [5.74, 6) is 0.430. The fourth-order valence-electron chi connectivity index (χ4n) is 3.16. The van der Waals surface area contributed by atoms with Crippen molar-refractivity contribution in [3.05, 3.63) is 36.0 Å². The lowest BCUT2D eigenvalue weighted by atomic mass is 9.93. The van der Waals surface area contributed by atoms with Gasteiger partial charge in [0.05, 0.1) is 6.10 Å². The summed E-state index contributed by atoms with van der Waals surface area (Å²) in [4.78, 5) is 5.74. The molecule has 2 aromatic rings. The third-order valence-electron chi connectivity index (χ3n) is 4.30. The second kappa shape index (κ2) is 5.35. The highest BCUT2D eigenvalue weighted by Gasteiger charge is 2.23. The van der Waals surface area contributed by atoms with Crippen LogP contribution in [0.5, 0.6) is 0 Å². The average molecular weight is 258 g/mol. The van der Waals surface area contributed by atoms with Crippen LogP contribution in [0.15, 0.2) is 30.5 Å². The molecule has 1 aliphatic heterocycles. The Hall–Kier alpha value is -1.32. The zero-order chi connectivity index (χ0) is 13.2. The van der Waals surface area contributed by atoms with Crippen LogP contribution in [0.2, 0.25) is 0 Å². The van der Waals surface area contributed by atoms with E-state index in [1.54, 1.807) is 0 Å². The molecule has 3 nitrogen and oxygen atoms in total. The number of aliphatic hydroxyl groups excluding tert-OH is 1. The van der Waals surface area contributed by atoms with E-state index in [-0.39, 0.29) is 6.10 Å². The van der Waals surface area contributed by atoms with E-state index in [4.69, 9.17) is 0 Å². The van der Waals surface area contributed by atoms with Gasteiger partial charge in [0, 0.05) is 30.2 Å². The first-order chi connectivity index (χ1) is 9.24. The summed E-state index contributed by atoms with van der Waals surface area (Å²) in [5.41, 5.74) is 2.59. The average Bonchev–Trinajstić information content (AvgIpc) is 2.88. The van der Waals surface area contributed by atoms with Crippen LogP contribution in [0, 0.1) is 5.92 Å². The van der Waals surface area contributed by atoms with Gasteiger partial charge in [-0.1, -0.05) is 12.1 Å². The standard InChI is InChI=1S/C16H22N2O/c1-12(19)13-5-3-9-18(10-13)11-14-4-2-6-16-15(14)7-8-17-16/h2,4,6-8,12-13,17,19H,3,5,9-11H2,1H3/t12-,13+/m0/s1. The third-order valence-corrected chi connectivity index (χ3v) is 4.30. The fourth-order valence-corrected chi connectivity index (χ4v) is 3.16. The van der Waals surface area contributed by atoms with Crippen molar-refractivity contribution in [2.45, 2.75) is 32.4 Å². The normalized spacial score (nSPS) is 22.7. The summed E-state index contributed by atoms with van der Waals surface area (Å²) < 4.78 is 0. The van der Waals surface area contributed by atoms with Crippen LogP contribution < -0.4 is 0 Å². The van der Waals surface area contributed by atoms with Crippen molar-refractivity contribution in [2.24, 2.45) is 5.92 Å². The zero-order valence-electron chi connectivity index (χ0n) is 11.5. The van der Waals surface area contributed by atoms with Gasteiger partial charge in [0.1, 0.15) is 0 Å². The first kappa shape index (κ1) is 12.7. The second-order valence-corrected chi connectivity index (χ2v) is 5.73. The van der Waals surface area contributed by atoms with E-state index >= 15 is 0 Å². The minimum Gasteiger partial charge on any atom is -0.393 e. The molecule has 0 spiro atoms. The fraction of sp³-hybridized carbons (Fsp3) is 0.500. The Balaban J connectivity index is 1.75. The number of fused-ring (bicyclic) bond motifs is 1. The van der Waals surface area contributed by atoms with Crippen LogP contribution in [-0.2, 0) is 6.54 Å². The number of hydrogen-bond donors (Lipinski definition) is 2. The lowest BCUT2D eigenvalue weighted by Gasteiger charge is -2.34. The van der Waals surface area contributed by atoms with Crippen molar-refractivity contribution in [1.29, 1.82) is 0 Å². The molecule has 1 aliphatic rings. The largest absolute Gasteiger partial charge is 0.393 e. The zero-order valence-corrected chi connectivity index (χ0v) is 11.5. The van der Waals surface area contributed by atoms with Gasteiger partial charge < -0.3 is 10.1 Å². The number of aromatic amines is 1. The van der Waals surface area contributed by atoms with Crippen LogP contribution >= 0.6 is 0 Å². The minimum atomic E-state index is -0.189. The van der Waals surface area contributed by atoms with E-state index < -0.39 is 0 Å². The maximum Gasteiger partial charge on any atom is 0.0552 e. The highest BCUT2D eigenvalue weighted by molar-refractivity contribution is 5.82. The van der Waals surface area contributed by atoms with E-state index in [2.05, 4.69) is 34.1 Å². The van der Waals surface area contributed by atoms with Crippen molar-refractivity contribution in [2.75, 3.05) is 13.1 Å². The van der Waals surface area contributed by atoms with Crippen molar-refractivity contribution < 1.29 is 5.11 Å². The molecule has 2 heterocycles. The number of benzene rings is 1. The van der Waals surface area contributed by atoms with Gasteiger partial charge in [-0.3, -0.25) is 4.90 Å². The minimum absolute atomic E-state index is 0.189. The number of rotatable bonds is 3. The maximum absolute atomic E-state index is 9.77. The Kier molecular flexibility index (Phi) is 3.58. The summed E-state index contributed by atoms with van der Waals surface area (Å²) in [7, 11) is 0. The van der Waals surface area contributed by atoms with Gasteiger partial charge in [0.2, 0.25) is 0 Å². The van der Waals surface area contributed by atoms with Crippen LogP contribution in [0.4, 0.5) is 0 Å². The first-order valence-corrected chi connectivity index (χ1v) is 7.19. The van der Waals surface area contributed by atoms with E-state index in [0.29, 0.717) is 5.92 Å². The summed E-state index contributed by atoms with van der Waals surface area (Å²) >= 11 is 0. The SMILES string of the molecule is C[C@H](O)[C@@H]1CCCN(Cc2cccc3[nH]ccc23)C1. The molecule has 2 N–H and O–H groups in total. The number of H-pyrrole nitrogens is 1. The Labute approximate surface area is 114 Å². The van der Waals surface area contributed by atoms with Crippen LogP contribution in [0.3, 0.4) is 0 Å². The van der Waals surface area contributed by atoms with Crippen LogP contribution in [-0.4, -0.2) is 34.2 Å². The topological polar surface area (TPSA) is 39.3 Å². The molecular formula is C16H22N2O. The molecule has 102 valence electrons. The van der Waals surface area contributed by atoms with Crippen molar-refractivity contribution >= 4 is 10.9 Å². The van der Waals surface area contributed by atoms with E-state index in [9.17, 15) is 5.11 Å². The monoisotopic (exact) mass is 258 g/mol. The maximum atomic E-state index is 9.77. The van der Waals surface area contributed by atoms with Crippen LogP contribution in [0.25, 0.3) is 10.9 Å². The Morgan fingerprint density at radius 2 is 2.32 bits per heavy atom. The van der Waals surface area contributed by atoms with Crippen molar-refractivity contribution in [3.8, 4) is 0 Å². The number of nitrogens with zero attached hydrogens (tertiary/aromatic N) is 1. The number of nitrogens with one attached hydrogen (secondary N) is 1. The summed E-state index contributed by atoms with van der Waals surface area (Å²) in [6.07, 6.45) is 4.16. The number of piperidine rings is 1. The highest BCUT2D eigenvalue weighted by atomic mass is 16.3. The first-order valence-electron chi connectivity index (χ1n) is 7.19. The predicted molar refractivity (Wildman–Crippen MR) is 78.0 cm³/mol. The van der Waals surface area contributed by atoms with Gasteiger partial charge in [-0.05, 0) is 49.9 Å². The van der Waals surface area contributed by atoms with E-state index in [1.165, 1.54) is 22.9 Å². The second-order valence-electron chi connectivity index (χ2n) is 5.73. The molecule has 0 bridgehead atoms.